The number of hydrogen-bond acceptors (Lipinski definition) is 2. The van der Waals surface area contributed by atoms with Gasteiger partial charge in [0, 0.05) is 42.6 Å². The van der Waals surface area contributed by atoms with E-state index in [9.17, 15) is 9.59 Å². The summed E-state index contributed by atoms with van der Waals surface area (Å²) in [7, 11) is 0. The predicted molar refractivity (Wildman–Crippen MR) is 101 cm³/mol. The molecule has 1 fully saturated rings. The van der Waals surface area contributed by atoms with Gasteiger partial charge in [-0.1, -0.05) is 35.9 Å². The molecule has 0 radical (unpaired) electrons. The molecular weight excluding hydrogens is 326 g/mol. The SMILES string of the molecule is Cc1cccc(C(=O)N2CCN(C(=O)c3cc4ccccc4[nH]3)CC2)c1. The first-order valence-corrected chi connectivity index (χ1v) is 8.85. The number of hydrogen-bond donors (Lipinski definition) is 1. The average molecular weight is 347 g/mol. The van der Waals surface area contributed by atoms with Crippen LogP contribution in [0.25, 0.3) is 10.9 Å². The number of benzene rings is 2. The van der Waals surface area contributed by atoms with Crippen molar-refractivity contribution in [1.82, 2.24) is 14.8 Å². The van der Waals surface area contributed by atoms with E-state index < -0.39 is 0 Å². The Hall–Kier alpha value is -3.08. The molecule has 1 N–H and O–H groups in total. The highest BCUT2D eigenvalue weighted by molar-refractivity contribution is 5.98. The normalized spacial score (nSPS) is 14.7. The number of piperazine rings is 1. The Balaban J connectivity index is 1.43. The molecular formula is C21H21N3O2. The Labute approximate surface area is 152 Å². The van der Waals surface area contributed by atoms with Gasteiger partial charge in [-0.15, -0.1) is 0 Å². The maximum absolute atomic E-state index is 12.8. The van der Waals surface area contributed by atoms with Crippen molar-refractivity contribution in [2.24, 2.45) is 0 Å². The Morgan fingerprint density at radius 1 is 0.846 bits per heavy atom. The first kappa shape index (κ1) is 16.4. The van der Waals surface area contributed by atoms with Crippen molar-refractivity contribution in [3.63, 3.8) is 0 Å². The third kappa shape index (κ3) is 3.08. The summed E-state index contributed by atoms with van der Waals surface area (Å²) >= 11 is 0. The smallest absolute Gasteiger partial charge is 0.270 e. The molecule has 26 heavy (non-hydrogen) atoms. The fourth-order valence-electron chi connectivity index (χ4n) is 3.43. The van der Waals surface area contributed by atoms with Gasteiger partial charge in [0.25, 0.3) is 11.8 Å². The molecule has 1 aliphatic rings. The van der Waals surface area contributed by atoms with E-state index in [1.54, 1.807) is 0 Å². The van der Waals surface area contributed by atoms with E-state index in [0.29, 0.717) is 37.4 Å². The molecule has 1 aliphatic heterocycles. The van der Waals surface area contributed by atoms with E-state index in [2.05, 4.69) is 4.98 Å². The summed E-state index contributed by atoms with van der Waals surface area (Å²) in [6, 6.07) is 17.4. The van der Waals surface area contributed by atoms with Crippen LogP contribution in [0.2, 0.25) is 0 Å². The number of amides is 2. The molecule has 0 saturated carbocycles. The van der Waals surface area contributed by atoms with Crippen molar-refractivity contribution in [3.05, 3.63) is 71.4 Å². The number of nitrogens with one attached hydrogen (secondary N) is 1. The zero-order chi connectivity index (χ0) is 18.1. The highest BCUT2D eigenvalue weighted by Gasteiger charge is 2.26. The van der Waals surface area contributed by atoms with Gasteiger partial charge < -0.3 is 14.8 Å². The second-order valence-electron chi connectivity index (χ2n) is 6.72. The lowest BCUT2D eigenvalue weighted by Gasteiger charge is -2.34. The van der Waals surface area contributed by atoms with Gasteiger partial charge >= 0.3 is 0 Å². The van der Waals surface area contributed by atoms with Crippen molar-refractivity contribution in [3.8, 4) is 0 Å². The summed E-state index contributed by atoms with van der Waals surface area (Å²) in [6.07, 6.45) is 0. The third-order valence-electron chi connectivity index (χ3n) is 4.88. The number of nitrogens with zero attached hydrogens (tertiary/aromatic N) is 2. The van der Waals surface area contributed by atoms with Crippen LogP contribution in [0.4, 0.5) is 0 Å². The van der Waals surface area contributed by atoms with E-state index in [4.69, 9.17) is 0 Å². The number of aryl methyl sites for hydroxylation is 1. The number of para-hydroxylation sites is 1. The summed E-state index contributed by atoms with van der Waals surface area (Å²) in [5.74, 6) is 0.0234. The summed E-state index contributed by atoms with van der Waals surface area (Å²) in [5, 5.41) is 1.03. The van der Waals surface area contributed by atoms with Crippen molar-refractivity contribution >= 4 is 22.7 Å². The topological polar surface area (TPSA) is 56.4 Å². The summed E-state index contributed by atoms with van der Waals surface area (Å²) < 4.78 is 0. The highest BCUT2D eigenvalue weighted by Crippen LogP contribution is 2.17. The van der Waals surface area contributed by atoms with E-state index in [-0.39, 0.29) is 11.8 Å². The number of rotatable bonds is 2. The van der Waals surface area contributed by atoms with Crippen LogP contribution < -0.4 is 0 Å². The average Bonchev–Trinajstić information content (AvgIpc) is 3.11. The lowest BCUT2D eigenvalue weighted by atomic mass is 10.1. The van der Waals surface area contributed by atoms with Crippen LogP contribution in [0.5, 0.6) is 0 Å². The lowest BCUT2D eigenvalue weighted by molar-refractivity contribution is 0.0533. The molecule has 0 aliphatic carbocycles. The maximum Gasteiger partial charge on any atom is 0.270 e. The molecule has 0 unspecified atom stereocenters. The van der Waals surface area contributed by atoms with E-state index >= 15 is 0 Å². The number of carbonyl (C=O) groups is 2. The van der Waals surface area contributed by atoms with Crippen LogP contribution in [0.3, 0.4) is 0 Å². The van der Waals surface area contributed by atoms with Gasteiger partial charge in [-0.3, -0.25) is 9.59 Å². The van der Waals surface area contributed by atoms with Gasteiger partial charge in [-0.25, -0.2) is 0 Å². The van der Waals surface area contributed by atoms with Crippen molar-refractivity contribution < 1.29 is 9.59 Å². The fourth-order valence-corrected chi connectivity index (χ4v) is 3.43. The van der Waals surface area contributed by atoms with Crippen molar-refractivity contribution in [2.45, 2.75) is 6.92 Å². The summed E-state index contributed by atoms with van der Waals surface area (Å²) in [5.41, 5.74) is 3.35. The summed E-state index contributed by atoms with van der Waals surface area (Å²) in [4.78, 5) is 32.2. The molecule has 0 atom stereocenters. The van der Waals surface area contributed by atoms with E-state index in [0.717, 1.165) is 16.5 Å². The van der Waals surface area contributed by atoms with Crippen molar-refractivity contribution in [1.29, 1.82) is 0 Å². The van der Waals surface area contributed by atoms with Crippen LogP contribution in [0.15, 0.2) is 54.6 Å². The minimum atomic E-state index is -0.0103. The zero-order valence-electron chi connectivity index (χ0n) is 14.7. The Morgan fingerprint density at radius 3 is 2.23 bits per heavy atom. The first-order valence-electron chi connectivity index (χ1n) is 8.85. The second kappa shape index (κ2) is 6.67. The van der Waals surface area contributed by atoms with Gasteiger partial charge in [-0.05, 0) is 31.2 Å². The van der Waals surface area contributed by atoms with Gasteiger partial charge in [0.1, 0.15) is 5.69 Å². The molecule has 1 aromatic heterocycles. The Kier molecular flexibility index (Phi) is 4.21. The van der Waals surface area contributed by atoms with Crippen LogP contribution in [0, 0.1) is 6.92 Å². The molecule has 4 rings (SSSR count). The molecule has 5 heteroatoms. The molecule has 1 saturated heterocycles. The van der Waals surface area contributed by atoms with Crippen molar-refractivity contribution in [2.75, 3.05) is 26.2 Å². The number of H-pyrrole nitrogens is 1. The zero-order valence-corrected chi connectivity index (χ0v) is 14.7. The predicted octanol–water partition coefficient (Wildman–Crippen LogP) is 3.07. The Bertz CT molecular complexity index is 935. The highest BCUT2D eigenvalue weighted by atomic mass is 16.2. The van der Waals surface area contributed by atoms with Crippen LogP contribution in [0.1, 0.15) is 26.4 Å². The monoisotopic (exact) mass is 347 g/mol. The second-order valence-corrected chi connectivity index (χ2v) is 6.72. The van der Waals surface area contributed by atoms with Gasteiger partial charge in [0.05, 0.1) is 0 Å². The van der Waals surface area contributed by atoms with Gasteiger partial charge in [-0.2, -0.15) is 0 Å². The summed E-state index contributed by atoms with van der Waals surface area (Å²) in [6.45, 7) is 4.18. The molecule has 132 valence electrons. The molecule has 5 nitrogen and oxygen atoms in total. The van der Waals surface area contributed by atoms with E-state index in [1.165, 1.54) is 0 Å². The number of fused-ring (bicyclic) bond motifs is 1. The number of carbonyl (C=O) groups excluding carboxylic acids is 2. The first-order chi connectivity index (χ1) is 12.6. The number of aromatic amines is 1. The largest absolute Gasteiger partial charge is 0.351 e. The Morgan fingerprint density at radius 2 is 1.54 bits per heavy atom. The fraction of sp³-hybridized carbons (Fsp3) is 0.238. The van der Waals surface area contributed by atoms with Crippen LogP contribution in [-0.4, -0.2) is 52.8 Å². The molecule has 2 aromatic carbocycles. The minimum Gasteiger partial charge on any atom is -0.351 e. The quantitative estimate of drug-likeness (QED) is 0.774. The molecule has 2 amide bonds. The van der Waals surface area contributed by atoms with Gasteiger partial charge in [0.2, 0.25) is 0 Å². The standard InChI is InChI=1S/C21H21N3O2/c1-15-5-4-7-17(13-15)20(25)23-9-11-24(12-10-23)21(26)19-14-16-6-2-3-8-18(16)22-19/h2-8,13-14,22H,9-12H2,1H3. The van der Waals surface area contributed by atoms with E-state index in [1.807, 2.05) is 71.3 Å². The lowest BCUT2D eigenvalue weighted by Crippen LogP contribution is -2.50. The maximum atomic E-state index is 12.8. The molecule has 3 aromatic rings. The molecule has 0 spiro atoms. The van der Waals surface area contributed by atoms with Gasteiger partial charge in [0.15, 0.2) is 0 Å². The molecule has 0 bridgehead atoms. The van der Waals surface area contributed by atoms with Crippen LogP contribution >= 0.6 is 0 Å². The molecule has 2 heterocycles. The minimum absolute atomic E-state index is 0.0103. The third-order valence-corrected chi connectivity index (χ3v) is 4.88. The number of aromatic nitrogens is 1. The van der Waals surface area contributed by atoms with Crippen LogP contribution in [-0.2, 0) is 0 Å².